The molecule has 6 heteroatoms. The van der Waals surface area contributed by atoms with E-state index < -0.39 is 0 Å². The highest BCUT2D eigenvalue weighted by Crippen LogP contribution is 2.23. The maximum Gasteiger partial charge on any atom is 0.179 e. The summed E-state index contributed by atoms with van der Waals surface area (Å²) >= 11 is 5.53. The van der Waals surface area contributed by atoms with E-state index in [0.717, 1.165) is 41.1 Å². The van der Waals surface area contributed by atoms with Crippen molar-refractivity contribution >= 4 is 23.4 Å². The van der Waals surface area contributed by atoms with E-state index >= 15 is 0 Å². The van der Waals surface area contributed by atoms with Crippen molar-refractivity contribution in [3.63, 3.8) is 0 Å². The summed E-state index contributed by atoms with van der Waals surface area (Å²) in [5.41, 5.74) is 3.35. The number of aromatic amines is 1. The van der Waals surface area contributed by atoms with Crippen LogP contribution in [0.15, 0.2) is 0 Å². The van der Waals surface area contributed by atoms with Gasteiger partial charge in [0.05, 0.1) is 5.69 Å². The first-order chi connectivity index (χ1) is 9.65. The summed E-state index contributed by atoms with van der Waals surface area (Å²) in [5, 5.41) is 4.59. The molecule has 0 radical (unpaired) electrons. The molecule has 2 aromatic heterocycles. The van der Waals surface area contributed by atoms with Gasteiger partial charge >= 0.3 is 0 Å². The highest BCUT2D eigenvalue weighted by molar-refractivity contribution is 7.71. The van der Waals surface area contributed by atoms with Crippen LogP contribution >= 0.6 is 12.2 Å². The van der Waals surface area contributed by atoms with Crippen LogP contribution in [0.4, 0.5) is 0 Å². The second kappa shape index (κ2) is 5.33. The second-order valence-electron chi connectivity index (χ2n) is 5.59. The van der Waals surface area contributed by atoms with Gasteiger partial charge in [0.1, 0.15) is 5.52 Å². The van der Waals surface area contributed by atoms with Crippen LogP contribution < -0.4 is 0 Å². The van der Waals surface area contributed by atoms with E-state index in [9.17, 15) is 0 Å². The van der Waals surface area contributed by atoms with Crippen molar-refractivity contribution in [2.75, 3.05) is 13.1 Å². The van der Waals surface area contributed by atoms with Crippen LogP contribution in [0.3, 0.4) is 0 Å². The number of fused-ring (bicyclic) bond motifs is 1. The third-order valence-corrected chi connectivity index (χ3v) is 4.78. The number of likely N-dealkylation sites (tertiary alicyclic amines) is 1. The summed E-state index contributed by atoms with van der Waals surface area (Å²) in [5.74, 6) is 0. The minimum absolute atomic E-state index is 0.602. The van der Waals surface area contributed by atoms with Crippen LogP contribution in [-0.2, 0) is 20.0 Å². The number of likely N-dealkylation sites (N-methyl/N-ethyl adjacent to an activating group) is 1. The fraction of sp³-hybridized carbons (Fsp3) is 0.714. The topological polar surface area (TPSA) is 41.8 Å². The molecule has 0 spiro atoms. The number of aromatic nitrogens is 4. The molecule has 3 rings (SSSR count). The lowest BCUT2D eigenvalue weighted by atomic mass is 10.2. The number of H-pyrrole nitrogens is 1. The van der Waals surface area contributed by atoms with E-state index in [2.05, 4.69) is 33.4 Å². The second-order valence-corrected chi connectivity index (χ2v) is 5.97. The largest absolute Gasteiger partial charge is 0.328 e. The minimum atomic E-state index is 0.602. The molecule has 110 valence electrons. The van der Waals surface area contributed by atoms with Gasteiger partial charge in [-0.05, 0) is 44.6 Å². The van der Waals surface area contributed by atoms with Crippen molar-refractivity contribution in [3.8, 4) is 0 Å². The Morgan fingerprint density at radius 1 is 1.40 bits per heavy atom. The van der Waals surface area contributed by atoms with E-state index in [1.54, 1.807) is 0 Å². The average Bonchev–Trinajstić information content (AvgIpc) is 3.08. The molecule has 1 atom stereocenters. The number of aryl methyl sites for hydroxylation is 2. The summed E-state index contributed by atoms with van der Waals surface area (Å²) in [6.07, 6.45) is 3.49. The SMILES string of the molecule is CCc1nn(C)c2c1[nH]c(=S)n2CC1CCCN1CC. The van der Waals surface area contributed by atoms with Gasteiger partial charge in [0, 0.05) is 19.6 Å². The fourth-order valence-electron chi connectivity index (χ4n) is 3.42. The molecule has 20 heavy (non-hydrogen) atoms. The first-order valence-corrected chi connectivity index (χ1v) is 7.95. The van der Waals surface area contributed by atoms with Gasteiger partial charge in [-0.25, -0.2) is 0 Å². The van der Waals surface area contributed by atoms with E-state index in [1.807, 2.05) is 11.7 Å². The van der Waals surface area contributed by atoms with Gasteiger partial charge in [0.25, 0.3) is 0 Å². The number of nitrogens with one attached hydrogen (secondary N) is 1. The summed E-state index contributed by atoms with van der Waals surface area (Å²) in [6.45, 7) is 7.68. The summed E-state index contributed by atoms with van der Waals surface area (Å²) < 4.78 is 5.02. The molecule has 0 bridgehead atoms. The summed E-state index contributed by atoms with van der Waals surface area (Å²) in [7, 11) is 2.01. The normalized spacial score (nSPS) is 20.2. The monoisotopic (exact) mass is 293 g/mol. The molecular weight excluding hydrogens is 270 g/mol. The van der Waals surface area contributed by atoms with E-state index in [1.165, 1.54) is 19.4 Å². The lowest BCUT2D eigenvalue weighted by Gasteiger charge is -2.23. The van der Waals surface area contributed by atoms with Crippen molar-refractivity contribution in [2.45, 2.75) is 45.7 Å². The maximum absolute atomic E-state index is 5.53. The molecule has 0 saturated carbocycles. The van der Waals surface area contributed by atoms with Gasteiger partial charge in [-0.1, -0.05) is 13.8 Å². The number of hydrogen-bond donors (Lipinski definition) is 1. The molecule has 3 heterocycles. The van der Waals surface area contributed by atoms with Crippen LogP contribution in [-0.4, -0.2) is 43.4 Å². The maximum atomic E-state index is 5.53. The molecule has 1 N–H and O–H groups in total. The highest BCUT2D eigenvalue weighted by atomic mass is 32.1. The van der Waals surface area contributed by atoms with Crippen LogP contribution in [0.1, 0.15) is 32.4 Å². The van der Waals surface area contributed by atoms with Gasteiger partial charge in [-0.2, -0.15) is 5.10 Å². The molecule has 5 nitrogen and oxygen atoms in total. The number of hydrogen-bond acceptors (Lipinski definition) is 3. The third kappa shape index (κ3) is 2.11. The molecule has 0 amide bonds. The van der Waals surface area contributed by atoms with E-state index in [-0.39, 0.29) is 0 Å². The summed E-state index contributed by atoms with van der Waals surface area (Å²) in [4.78, 5) is 5.90. The predicted octanol–water partition coefficient (Wildman–Crippen LogP) is 2.48. The Hall–Kier alpha value is -1.14. The van der Waals surface area contributed by atoms with Crippen molar-refractivity contribution in [2.24, 2.45) is 7.05 Å². The van der Waals surface area contributed by atoms with Gasteiger partial charge in [0.2, 0.25) is 0 Å². The van der Waals surface area contributed by atoms with Crippen molar-refractivity contribution in [3.05, 3.63) is 10.5 Å². The quantitative estimate of drug-likeness (QED) is 0.881. The van der Waals surface area contributed by atoms with Crippen molar-refractivity contribution in [1.82, 2.24) is 24.2 Å². The first-order valence-electron chi connectivity index (χ1n) is 7.54. The van der Waals surface area contributed by atoms with Crippen molar-refractivity contribution in [1.29, 1.82) is 0 Å². The predicted molar refractivity (Wildman–Crippen MR) is 83.5 cm³/mol. The van der Waals surface area contributed by atoms with Gasteiger partial charge in [-0.3, -0.25) is 9.58 Å². The van der Waals surface area contributed by atoms with Crippen LogP contribution in [0.5, 0.6) is 0 Å². The molecule has 1 fully saturated rings. The molecule has 1 aliphatic heterocycles. The average molecular weight is 293 g/mol. The number of nitrogens with zero attached hydrogens (tertiary/aromatic N) is 4. The van der Waals surface area contributed by atoms with E-state index in [0.29, 0.717) is 6.04 Å². The van der Waals surface area contributed by atoms with Crippen molar-refractivity contribution < 1.29 is 0 Å². The van der Waals surface area contributed by atoms with Crippen LogP contribution in [0.25, 0.3) is 11.2 Å². The molecule has 1 aliphatic rings. The Labute approximate surface area is 124 Å². The standard InChI is InChI=1S/C14H23N5S/c1-4-11-12-13(17(3)16-11)19(14(20)15-12)9-10-7-6-8-18(10)5-2/h10H,4-9H2,1-3H3,(H,15,20). The molecule has 1 saturated heterocycles. The molecular formula is C14H23N5S. The van der Waals surface area contributed by atoms with Crippen LogP contribution in [0, 0.1) is 4.77 Å². The summed E-state index contributed by atoms with van der Waals surface area (Å²) in [6, 6.07) is 0.602. The number of rotatable bonds is 4. The molecule has 0 aliphatic carbocycles. The highest BCUT2D eigenvalue weighted by Gasteiger charge is 2.25. The Kier molecular flexibility index (Phi) is 3.69. The minimum Gasteiger partial charge on any atom is -0.328 e. The third-order valence-electron chi connectivity index (χ3n) is 4.46. The van der Waals surface area contributed by atoms with Gasteiger partial charge in [-0.15, -0.1) is 0 Å². The zero-order chi connectivity index (χ0) is 14.3. The Bertz CT molecular complexity index is 665. The van der Waals surface area contributed by atoms with Gasteiger partial charge in [0.15, 0.2) is 10.4 Å². The zero-order valence-corrected chi connectivity index (χ0v) is 13.3. The Morgan fingerprint density at radius 2 is 2.20 bits per heavy atom. The molecule has 0 aromatic carbocycles. The number of imidazole rings is 1. The lowest BCUT2D eigenvalue weighted by Crippen LogP contribution is -2.32. The smallest absolute Gasteiger partial charge is 0.179 e. The lowest BCUT2D eigenvalue weighted by molar-refractivity contribution is 0.244. The fourth-order valence-corrected chi connectivity index (χ4v) is 3.69. The van der Waals surface area contributed by atoms with Crippen LogP contribution in [0.2, 0.25) is 0 Å². The Balaban J connectivity index is 2.01. The first kappa shape index (κ1) is 13.8. The van der Waals surface area contributed by atoms with Gasteiger partial charge < -0.3 is 9.55 Å². The zero-order valence-electron chi connectivity index (χ0n) is 12.5. The Morgan fingerprint density at radius 3 is 2.90 bits per heavy atom. The van der Waals surface area contributed by atoms with E-state index in [4.69, 9.17) is 12.2 Å². The molecule has 1 unspecified atom stereocenters. The molecule has 2 aromatic rings.